The number of Topliss-reactive ketones (excluding diaryl/α,β-unsaturated/α-hetero) is 1. The average Bonchev–Trinajstić information content (AvgIpc) is 2.52. The largest absolute Gasteiger partial charge is 0.497 e. The van der Waals surface area contributed by atoms with E-state index in [-0.39, 0.29) is 5.78 Å². The van der Waals surface area contributed by atoms with Crippen LogP contribution < -0.4 is 10.1 Å². The number of halogens is 1. The van der Waals surface area contributed by atoms with Gasteiger partial charge in [-0.1, -0.05) is 30.7 Å². The van der Waals surface area contributed by atoms with Crippen molar-refractivity contribution in [3.63, 3.8) is 0 Å². The molecule has 0 aromatic heterocycles. The second-order valence-corrected chi connectivity index (χ2v) is 5.10. The smallest absolute Gasteiger partial charge is 0.164 e. The number of hydrogen-bond donors (Lipinski definition) is 1. The minimum atomic E-state index is 0.101. The number of carbonyl (C=O) groups is 1. The first-order valence-electron chi connectivity index (χ1n) is 6.83. The van der Waals surface area contributed by atoms with Crippen molar-refractivity contribution in [2.45, 2.75) is 19.9 Å². The van der Waals surface area contributed by atoms with Gasteiger partial charge in [-0.2, -0.15) is 0 Å². The Hall–Kier alpha value is -2.00. The second-order valence-electron chi connectivity index (χ2n) is 4.67. The van der Waals surface area contributed by atoms with Crippen molar-refractivity contribution in [2.24, 2.45) is 0 Å². The van der Waals surface area contributed by atoms with E-state index in [1.807, 2.05) is 31.2 Å². The third-order valence-electron chi connectivity index (χ3n) is 3.25. The Morgan fingerprint density at radius 2 is 1.90 bits per heavy atom. The van der Waals surface area contributed by atoms with Crippen molar-refractivity contribution in [3.05, 3.63) is 58.6 Å². The summed E-state index contributed by atoms with van der Waals surface area (Å²) in [5, 5.41) is 3.89. The summed E-state index contributed by atoms with van der Waals surface area (Å²) in [5.74, 6) is 0.923. The maximum absolute atomic E-state index is 11.9. The van der Waals surface area contributed by atoms with Crippen LogP contribution in [0.5, 0.6) is 5.75 Å². The van der Waals surface area contributed by atoms with E-state index in [1.54, 1.807) is 25.3 Å². The third-order valence-corrected chi connectivity index (χ3v) is 3.48. The van der Waals surface area contributed by atoms with Gasteiger partial charge in [-0.25, -0.2) is 0 Å². The SMILES string of the molecule is CCC(=O)c1ccc(Cl)cc1NCc1ccc(OC)cc1. The third kappa shape index (κ3) is 3.99. The Balaban J connectivity index is 2.14. The molecule has 0 radical (unpaired) electrons. The standard InChI is InChI=1S/C17H18ClNO2/c1-3-17(20)15-9-6-13(18)10-16(15)19-11-12-4-7-14(21-2)8-5-12/h4-10,19H,3,11H2,1-2H3. The summed E-state index contributed by atoms with van der Waals surface area (Å²) in [6.07, 6.45) is 0.471. The lowest BCUT2D eigenvalue weighted by Gasteiger charge is -2.12. The van der Waals surface area contributed by atoms with Gasteiger partial charge in [0.15, 0.2) is 5.78 Å². The zero-order valence-electron chi connectivity index (χ0n) is 12.2. The Labute approximate surface area is 129 Å². The molecule has 2 aromatic rings. The van der Waals surface area contributed by atoms with Crippen LogP contribution in [0.4, 0.5) is 5.69 Å². The summed E-state index contributed by atoms with van der Waals surface area (Å²) < 4.78 is 5.13. The van der Waals surface area contributed by atoms with Crippen LogP contribution in [-0.2, 0) is 6.54 Å². The molecule has 3 nitrogen and oxygen atoms in total. The topological polar surface area (TPSA) is 38.3 Å². The van der Waals surface area contributed by atoms with Gasteiger partial charge in [0.25, 0.3) is 0 Å². The monoisotopic (exact) mass is 303 g/mol. The summed E-state index contributed by atoms with van der Waals surface area (Å²) in [4.78, 5) is 11.9. The Bertz CT molecular complexity index is 623. The van der Waals surface area contributed by atoms with Gasteiger partial charge in [0.1, 0.15) is 5.75 Å². The maximum Gasteiger partial charge on any atom is 0.164 e. The first-order chi connectivity index (χ1) is 10.1. The van der Waals surface area contributed by atoms with Crippen LogP contribution in [0.15, 0.2) is 42.5 Å². The molecular weight excluding hydrogens is 286 g/mol. The van der Waals surface area contributed by atoms with Crippen LogP contribution >= 0.6 is 11.6 Å². The highest BCUT2D eigenvalue weighted by Gasteiger charge is 2.10. The lowest BCUT2D eigenvalue weighted by atomic mass is 10.1. The second kappa shape index (κ2) is 7.14. The molecule has 0 atom stereocenters. The lowest BCUT2D eigenvalue weighted by Crippen LogP contribution is -2.06. The number of anilines is 1. The highest BCUT2D eigenvalue weighted by molar-refractivity contribution is 6.31. The molecule has 0 aliphatic carbocycles. The number of rotatable bonds is 6. The van der Waals surface area contributed by atoms with Gasteiger partial charge in [0, 0.05) is 29.2 Å². The fraction of sp³-hybridized carbons (Fsp3) is 0.235. The van der Waals surface area contributed by atoms with Gasteiger partial charge >= 0.3 is 0 Å². The fourth-order valence-electron chi connectivity index (χ4n) is 2.04. The zero-order chi connectivity index (χ0) is 15.2. The number of benzene rings is 2. The summed E-state index contributed by atoms with van der Waals surface area (Å²) in [6, 6.07) is 13.1. The van der Waals surface area contributed by atoms with Crippen LogP contribution in [0.1, 0.15) is 29.3 Å². The molecule has 0 amide bonds. The van der Waals surface area contributed by atoms with Crippen LogP contribution in [0.25, 0.3) is 0 Å². The first kappa shape index (κ1) is 15.4. The fourth-order valence-corrected chi connectivity index (χ4v) is 2.21. The zero-order valence-corrected chi connectivity index (χ0v) is 12.9. The van der Waals surface area contributed by atoms with Gasteiger partial charge in [-0.15, -0.1) is 0 Å². The lowest BCUT2D eigenvalue weighted by molar-refractivity contribution is 0.0989. The molecule has 0 saturated heterocycles. The van der Waals surface area contributed by atoms with E-state index in [0.717, 1.165) is 17.0 Å². The molecule has 2 aromatic carbocycles. The summed E-state index contributed by atoms with van der Waals surface area (Å²) in [7, 11) is 1.64. The number of methoxy groups -OCH3 is 1. The predicted octanol–water partition coefficient (Wildman–Crippen LogP) is 4.55. The van der Waals surface area contributed by atoms with Crippen LogP contribution in [-0.4, -0.2) is 12.9 Å². The molecule has 0 heterocycles. The van der Waals surface area contributed by atoms with Crippen LogP contribution in [0, 0.1) is 0 Å². The van der Waals surface area contributed by atoms with Crippen LogP contribution in [0.3, 0.4) is 0 Å². The predicted molar refractivity (Wildman–Crippen MR) is 86.4 cm³/mol. The molecule has 0 fully saturated rings. The molecule has 0 bridgehead atoms. The molecule has 0 unspecified atom stereocenters. The highest BCUT2D eigenvalue weighted by Crippen LogP contribution is 2.23. The molecule has 1 N–H and O–H groups in total. The van der Waals surface area contributed by atoms with Gasteiger partial charge in [0.05, 0.1) is 7.11 Å². The Morgan fingerprint density at radius 3 is 2.52 bits per heavy atom. The molecule has 110 valence electrons. The maximum atomic E-state index is 11.9. The summed E-state index contributed by atoms with van der Waals surface area (Å²) in [5.41, 5.74) is 2.55. The van der Waals surface area contributed by atoms with Gasteiger partial charge < -0.3 is 10.1 Å². The van der Waals surface area contributed by atoms with E-state index in [4.69, 9.17) is 16.3 Å². The molecular formula is C17H18ClNO2. The minimum Gasteiger partial charge on any atom is -0.497 e. The van der Waals surface area contributed by atoms with Crippen molar-refractivity contribution in [2.75, 3.05) is 12.4 Å². The number of nitrogens with one attached hydrogen (secondary N) is 1. The van der Waals surface area contributed by atoms with E-state index in [0.29, 0.717) is 23.6 Å². The summed E-state index contributed by atoms with van der Waals surface area (Å²) in [6.45, 7) is 2.47. The van der Waals surface area contributed by atoms with Crippen molar-refractivity contribution in [1.29, 1.82) is 0 Å². The van der Waals surface area contributed by atoms with Crippen LogP contribution in [0.2, 0.25) is 5.02 Å². The number of ether oxygens (including phenoxy) is 1. The van der Waals surface area contributed by atoms with Crippen molar-refractivity contribution < 1.29 is 9.53 Å². The average molecular weight is 304 g/mol. The molecule has 0 aliphatic heterocycles. The summed E-state index contributed by atoms with van der Waals surface area (Å²) >= 11 is 6.02. The number of ketones is 1. The number of hydrogen-bond acceptors (Lipinski definition) is 3. The highest BCUT2D eigenvalue weighted by atomic mass is 35.5. The van der Waals surface area contributed by atoms with Crippen molar-refractivity contribution in [1.82, 2.24) is 0 Å². The van der Waals surface area contributed by atoms with Crippen molar-refractivity contribution in [3.8, 4) is 5.75 Å². The van der Waals surface area contributed by atoms with Crippen molar-refractivity contribution >= 4 is 23.1 Å². The molecule has 0 spiro atoms. The van der Waals surface area contributed by atoms with Gasteiger partial charge in [0.2, 0.25) is 0 Å². The molecule has 0 aliphatic rings. The van der Waals surface area contributed by atoms with E-state index >= 15 is 0 Å². The normalized spacial score (nSPS) is 10.2. The Morgan fingerprint density at radius 1 is 1.19 bits per heavy atom. The molecule has 2 rings (SSSR count). The van der Waals surface area contributed by atoms with Gasteiger partial charge in [-0.05, 0) is 35.9 Å². The molecule has 21 heavy (non-hydrogen) atoms. The van der Waals surface area contributed by atoms with E-state index in [1.165, 1.54) is 0 Å². The van der Waals surface area contributed by atoms with E-state index in [9.17, 15) is 4.79 Å². The first-order valence-corrected chi connectivity index (χ1v) is 7.21. The van der Waals surface area contributed by atoms with E-state index < -0.39 is 0 Å². The van der Waals surface area contributed by atoms with E-state index in [2.05, 4.69) is 5.32 Å². The van der Waals surface area contributed by atoms with Gasteiger partial charge in [-0.3, -0.25) is 4.79 Å². The quantitative estimate of drug-likeness (QED) is 0.795. The minimum absolute atomic E-state index is 0.101. The molecule has 4 heteroatoms. The number of carbonyl (C=O) groups excluding carboxylic acids is 1. The Kier molecular flexibility index (Phi) is 5.23. The molecule has 0 saturated carbocycles.